The quantitative estimate of drug-likeness (QED) is 0.323. The lowest BCUT2D eigenvalue weighted by atomic mass is 9.89. The number of piperidine rings is 1. The highest BCUT2D eigenvalue weighted by Crippen LogP contribution is 2.40. The second-order valence-electron chi connectivity index (χ2n) is 10.6. The Morgan fingerprint density at radius 1 is 1.20 bits per heavy atom. The van der Waals surface area contributed by atoms with Gasteiger partial charge in [-0.1, -0.05) is 30.7 Å². The molecule has 2 aliphatic heterocycles. The molecular formula is C29H40N4O6S. The molecule has 0 radical (unpaired) electrons. The largest absolute Gasteiger partial charge is 0.385 e. The average molecular weight is 573 g/mol. The molecule has 4 aliphatic rings. The lowest BCUT2D eigenvalue weighted by Gasteiger charge is -2.37. The number of carbonyl (C=O) groups is 3. The number of methoxy groups -OCH3 is 1. The van der Waals surface area contributed by atoms with Crippen LogP contribution >= 0.6 is 0 Å². The van der Waals surface area contributed by atoms with E-state index in [2.05, 4.69) is 10.6 Å². The number of fused-ring (bicyclic) bond motifs is 1. The van der Waals surface area contributed by atoms with Crippen LogP contribution in [0, 0.1) is 0 Å². The Hall–Kier alpha value is -3.02. The summed E-state index contributed by atoms with van der Waals surface area (Å²) in [7, 11) is -2.17. The summed E-state index contributed by atoms with van der Waals surface area (Å²) in [6.45, 7) is 6.57. The molecule has 0 aromatic rings. The minimum absolute atomic E-state index is 0.0491. The number of rotatable bonds is 9. The summed E-state index contributed by atoms with van der Waals surface area (Å²) >= 11 is 0. The van der Waals surface area contributed by atoms with Crippen LogP contribution in [-0.2, 0) is 29.1 Å². The molecule has 2 saturated heterocycles. The van der Waals surface area contributed by atoms with Crippen molar-refractivity contribution in [3.8, 4) is 0 Å². The van der Waals surface area contributed by atoms with E-state index in [1.165, 1.54) is 11.2 Å². The van der Waals surface area contributed by atoms with Crippen LogP contribution in [0.2, 0.25) is 0 Å². The van der Waals surface area contributed by atoms with Gasteiger partial charge in [-0.2, -0.15) is 4.31 Å². The van der Waals surface area contributed by atoms with Crippen LogP contribution in [0.5, 0.6) is 0 Å². The highest BCUT2D eigenvalue weighted by atomic mass is 32.2. The zero-order chi connectivity index (χ0) is 29.0. The predicted molar refractivity (Wildman–Crippen MR) is 152 cm³/mol. The first-order chi connectivity index (χ1) is 19.1. The van der Waals surface area contributed by atoms with Crippen LogP contribution < -0.4 is 10.6 Å². The summed E-state index contributed by atoms with van der Waals surface area (Å²) in [6, 6.07) is -1.13. The molecular weight excluding hydrogens is 532 g/mol. The molecule has 0 spiro atoms. The molecule has 0 aromatic heterocycles. The second-order valence-corrected chi connectivity index (χ2v) is 12.7. The molecule has 2 aliphatic carbocycles. The second kappa shape index (κ2) is 12.7. The number of hydrogen-bond donors (Lipinski definition) is 2. The maximum absolute atomic E-state index is 13.7. The van der Waals surface area contributed by atoms with Gasteiger partial charge in [0.15, 0.2) is 0 Å². The molecule has 0 saturated carbocycles. The zero-order valence-corrected chi connectivity index (χ0v) is 24.6. The van der Waals surface area contributed by atoms with E-state index in [0.29, 0.717) is 43.7 Å². The molecule has 3 amide bonds. The number of allylic oxidation sites excluding steroid dienone is 4. The van der Waals surface area contributed by atoms with E-state index in [-0.39, 0.29) is 36.7 Å². The third-order valence-electron chi connectivity index (χ3n) is 7.94. The van der Waals surface area contributed by atoms with Crippen molar-refractivity contribution in [1.82, 2.24) is 19.8 Å². The number of nitrogens with one attached hydrogen (secondary N) is 2. The molecule has 3 atom stereocenters. The van der Waals surface area contributed by atoms with Crippen LogP contribution in [0.3, 0.4) is 0 Å². The summed E-state index contributed by atoms with van der Waals surface area (Å²) in [5, 5.41) is 4.98. The normalized spacial score (nSPS) is 26.5. The van der Waals surface area contributed by atoms with Gasteiger partial charge in [0.05, 0.1) is 11.3 Å². The Labute approximate surface area is 236 Å². The molecule has 3 unspecified atom stereocenters. The number of ether oxygens (including phenoxy) is 1. The van der Waals surface area contributed by atoms with Gasteiger partial charge in [0, 0.05) is 56.3 Å². The van der Waals surface area contributed by atoms with Gasteiger partial charge in [-0.05, 0) is 57.6 Å². The first-order valence-electron chi connectivity index (χ1n) is 14.0. The van der Waals surface area contributed by atoms with Crippen LogP contribution in [0.15, 0.2) is 58.5 Å². The van der Waals surface area contributed by atoms with Crippen molar-refractivity contribution in [3.05, 3.63) is 58.5 Å². The van der Waals surface area contributed by atoms with Crippen LogP contribution in [0.25, 0.3) is 0 Å². The Balaban J connectivity index is 1.50. The smallest absolute Gasteiger partial charge is 0.258 e. The minimum atomic E-state index is -3.80. The number of likely N-dealkylation sites (tertiary alicyclic amines) is 1. The number of carbonyl (C=O) groups excluding carboxylic acids is 3. The SMILES string of the molecule is C/C=C1/C(=O)N(CCCOC)C2=CCC(NC(=O)C3CCCCN3S(=O)(=O)C3C=CC(NC(C)=O)=CC3)C(C)=C21. The summed E-state index contributed by atoms with van der Waals surface area (Å²) in [5.41, 5.74) is 3.82. The van der Waals surface area contributed by atoms with E-state index in [1.54, 1.807) is 30.2 Å². The summed E-state index contributed by atoms with van der Waals surface area (Å²) in [6.07, 6.45) is 12.1. The minimum Gasteiger partial charge on any atom is -0.385 e. The van der Waals surface area contributed by atoms with Crippen molar-refractivity contribution in [2.24, 2.45) is 0 Å². The Bertz CT molecular complexity index is 1310. The van der Waals surface area contributed by atoms with Gasteiger partial charge < -0.3 is 20.3 Å². The van der Waals surface area contributed by atoms with E-state index in [1.807, 2.05) is 26.0 Å². The Morgan fingerprint density at radius 2 is 1.98 bits per heavy atom. The van der Waals surface area contributed by atoms with Crippen molar-refractivity contribution >= 4 is 27.7 Å². The van der Waals surface area contributed by atoms with Crippen molar-refractivity contribution in [2.75, 3.05) is 26.8 Å². The highest BCUT2D eigenvalue weighted by Gasteiger charge is 2.43. The molecule has 0 bridgehead atoms. The van der Waals surface area contributed by atoms with Crippen molar-refractivity contribution in [2.45, 2.75) is 76.6 Å². The van der Waals surface area contributed by atoms with E-state index >= 15 is 0 Å². The van der Waals surface area contributed by atoms with E-state index < -0.39 is 21.3 Å². The first kappa shape index (κ1) is 30.0. The fourth-order valence-electron chi connectivity index (χ4n) is 5.90. The lowest BCUT2D eigenvalue weighted by Crippen LogP contribution is -2.55. The lowest BCUT2D eigenvalue weighted by molar-refractivity contribution is -0.126. The monoisotopic (exact) mass is 572 g/mol. The van der Waals surface area contributed by atoms with Gasteiger partial charge in [-0.3, -0.25) is 14.4 Å². The number of sulfonamides is 1. The molecule has 218 valence electrons. The standard InChI is InChI=1S/C29H40N4O6S/c1-5-23-27-19(2)24(14-15-25(27)32(29(23)36)16-8-18-39-4)31-28(35)26-9-6-7-17-33(26)40(37,38)22-12-10-21(11-13-22)30-20(3)34/h5,10-12,15,22,24,26H,6-9,13-14,16-18H2,1-4H3,(H,30,34)(H,31,35)/b23-5+. The first-order valence-corrected chi connectivity index (χ1v) is 15.5. The van der Waals surface area contributed by atoms with E-state index in [9.17, 15) is 22.8 Å². The maximum atomic E-state index is 13.7. The molecule has 40 heavy (non-hydrogen) atoms. The molecule has 0 aromatic carbocycles. The molecule has 11 heteroatoms. The molecule has 4 rings (SSSR count). The molecule has 2 fully saturated rings. The van der Waals surface area contributed by atoms with Crippen LogP contribution in [0.1, 0.15) is 59.3 Å². The average Bonchev–Trinajstić information content (AvgIpc) is 3.21. The van der Waals surface area contributed by atoms with Gasteiger partial charge in [0.2, 0.25) is 21.8 Å². The highest BCUT2D eigenvalue weighted by molar-refractivity contribution is 7.90. The van der Waals surface area contributed by atoms with Crippen LogP contribution in [0.4, 0.5) is 0 Å². The number of nitrogens with zero attached hydrogens (tertiary/aromatic N) is 2. The van der Waals surface area contributed by atoms with E-state index in [0.717, 1.165) is 29.7 Å². The molecule has 10 nitrogen and oxygen atoms in total. The van der Waals surface area contributed by atoms with Gasteiger partial charge in [0.25, 0.3) is 5.91 Å². The van der Waals surface area contributed by atoms with Gasteiger partial charge >= 0.3 is 0 Å². The van der Waals surface area contributed by atoms with Gasteiger partial charge in [-0.25, -0.2) is 8.42 Å². The molecule has 2 heterocycles. The number of amides is 3. The Kier molecular flexibility index (Phi) is 9.48. The number of hydrogen-bond acceptors (Lipinski definition) is 6. The zero-order valence-electron chi connectivity index (χ0n) is 23.7. The summed E-state index contributed by atoms with van der Waals surface area (Å²) in [5.74, 6) is -0.586. The fraction of sp³-hybridized carbons (Fsp3) is 0.552. The predicted octanol–water partition coefficient (Wildman–Crippen LogP) is 2.43. The maximum Gasteiger partial charge on any atom is 0.258 e. The summed E-state index contributed by atoms with van der Waals surface area (Å²) in [4.78, 5) is 39.9. The Morgan fingerprint density at radius 3 is 2.62 bits per heavy atom. The van der Waals surface area contributed by atoms with Gasteiger partial charge in [-0.15, -0.1) is 0 Å². The summed E-state index contributed by atoms with van der Waals surface area (Å²) < 4.78 is 33.8. The van der Waals surface area contributed by atoms with Crippen molar-refractivity contribution in [3.63, 3.8) is 0 Å². The fourth-order valence-corrected chi connectivity index (χ4v) is 7.80. The van der Waals surface area contributed by atoms with Crippen molar-refractivity contribution in [1.29, 1.82) is 0 Å². The third kappa shape index (κ3) is 6.01. The van der Waals surface area contributed by atoms with Gasteiger partial charge in [0.1, 0.15) is 6.04 Å². The third-order valence-corrected chi connectivity index (χ3v) is 10.1. The topological polar surface area (TPSA) is 125 Å². The molecule has 2 N–H and O–H groups in total. The van der Waals surface area contributed by atoms with Crippen LogP contribution in [-0.4, -0.2) is 79.5 Å². The van der Waals surface area contributed by atoms with Crippen molar-refractivity contribution < 1.29 is 27.5 Å². The van der Waals surface area contributed by atoms with E-state index in [4.69, 9.17) is 4.74 Å².